The SMILES string of the molecule is CCCCC/C=C\C/C=C\CCCCCCCC(=O)OC(COC(=O)CCCCCCC)COC(=O)CCCCCCCCC. The molecule has 1 atom stereocenters. The van der Waals surface area contributed by atoms with E-state index >= 15 is 0 Å². The fourth-order valence-corrected chi connectivity index (χ4v) is 5.06. The number of carbonyl (C=O) groups is 3. The van der Waals surface area contributed by atoms with Crippen molar-refractivity contribution in [2.45, 2.75) is 194 Å². The average Bonchev–Trinajstić information content (AvgIpc) is 3.03. The van der Waals surface area contributed by atoms with Crippen LogP contribution in [0.2, 0.25) is 0 Å². The third-order valence-electron chi connectivity index (χ3n) is 7.96. The zero-order chi connectivity index (χ0) is 33.1. The van der Waals surface area contributed by atoms with E-state index in [0.29, 0.717) is 19.3 Å². The number of hydrogen-bond acceptors (Lipinski definition) is 6. The molecular formula is C39H70O6. The first-order chi connectivity index (χ1) is 22.0. The first-order valence-corrected chi connectivity index (χ1v) is 18.8. The molecule has 262 valence electrons. The molecule has 0 aliphatic rings. The summed E-state index contributed by atoms with van der Waals surface area (Å²) < 4.78 is 16.4. The highest BCUT2D eigenvalue weighted by Crippen LogP contribution is 2.12. The van der Waals surface area contributed by atoms with E-state index in [2.05, 4.69) is 45.1 Å². The van der Waals surface area contributed by atoms with E-state index in [4.69, 9.17) is 14.2 Å². The monoisotopic (exact) mass is 635 g/mol. The van der Waals surface area contributed by atoms with Crippen LogP contribution in [0.4, 0.5) is 0 Å². The Hall–Kier alpha value is -2.11. The molecule has 0 rings (SSSR count). The highest BCUT2D eigenvalue weighted by molar-refractivity contribution is 5.71. The van der Waals surface area contributed by atoms with Crippen molar-refractivity contribution in [3.63, 3.8) is 0 Å². The van der Waals surface area contributed by atoms with E-state index in [1.54, 1.807) is 0 Å². The molecule has 0 aliphatic heterocycles. The Bertz CT molecular complexity index is 744. The van der Waals surface area contributed by atoms with Gasteiger partial charge in [0.25, 0.3) is 0 Å². The smallest absolute Gasteiger partial charge is 0.306 e. The summed E-state index contributed by atoms with van der Waals surface area (Å²) in [5.41, 5.74) is 0. The van der Waals surface area contributed by atoms with Crippen molar-refractivity contribution in [1.82, 2.24) is 0 Å². The molecule has 45 heavy (non-hydrogen) atoms. The lowest BCUT2D eigenvalue weighted by Crippen LogP contribution is -2.30. The second kappa shape index (κ2) is 34.8. The number of unbranched alkanes of at least 4 members (excludes halogenated alkanes) is 18. The van der Waals surface area contributed by atoms with E-state index < -0.39 is 6.10 Å². The van der Waals surface area contributed by atoms with Gasteiger partial charge in [-0.25, -0.2) is 0 Å². The van der Waals surface area contributed by atoms with Crippen LogP contribution in [0.25, 0.3) is 0 Å². The standard InChI is InChI=1S/C39H70O6/c1-4-7-10-13-15-16-17-18-19-20-21-22-24-27-30-33-39(42)45-36(34-43-37(40)31-28-25-12-9-6-3)35-44-38(41)32-29-26-23-14-11-8-5-2/h15-16,18-19,36H,4-14,17,20-35H2,1-3H3/b16-15-,19-18-. The van der Waals surface area contributed by atoms with Gasteiger partial charge in [0.05, 0.1) is 0 Å². The minimum atomic E-state index is -0.766. The summed E-state index contributed by atoms with van der Waals surface area (Å²) in [4.78, 5) is 37.1. The Kier molecular flexibility index (Phi) is 33.1. The van der Waals surface area contributed by atoms with Crippen LogP contribution in [0.1, 0.15) is 188 Å². The first-order valence-electron chi connectivity index (χ1n) is 18.8. The largest absolute Gasteiger partial charge is 0.462 e. The summed E-state index contributed by atoms with van der Waals surface area (Å²) >= 11 is 0. The predicted octanol–water partition coefficient (Wildman–Crippen LogP) is 11.3. The summed E-state index contributed by atoms with van der Waals surface area (Å²) in [5, 5.41) is 0. The Labute approximate surface area is 277 Å². The summed E-state index contributed by atoms with van der Waals surface area (Å²) in [6.45, 7) is 6.44. The quantitative estimate of drug-likeness (QED) is 0.0309. The molecule has 0 radical (unpaired) electrons. The van der Waals surface area contributed by atoms with Gasteiger partial charge in [-0.05, 0) is 51.4 Å². The molecule has 0 saturated carbocycles. The minimum Gasteiger partial charge on any atom is -0.462 e. The number of rotatable bonds is 33. The van der Waals surface area contributed by atoms with Crippen LogP contribution in [0, 0.1) is 0 Å². The normalized spacial score (nSPS) is 12.2. The molecule has 0 bridgehead atoms. The molecule has 0 heterocycles. The Balaban J connectivity index is 4.28. The van der Waals surface area contributed by atoms with Gasteiger partial charge in [-0.1, -0.05) is 141 Å². The maximum atomic E-state index is 12.6. The molecule has 0 spiro atoms. The van der Waals surface area contributed by atoms with Gasteiger partial charge in [0.15, 0.2) is 6.10 Å². The van der Waals surface area contributed by atoms with Crippen LogP contribution in [-0.4, -0.2) is 37.2 Å². The summed E-state index contributed by atoms with van der Waals surface area (Å²) in [7, 11) is 0. The lowest BCUT2D eigenvalue weighted by molar-refractivity contribution is -0.167. The van der Waals surface area contributed by atoms with Gasteiger partial charge < -0.3 is 14.2 Å². The summed E-state index contributed by atoms with van der Waals surface area (Å²) in [6.07, 6.45) is 34.8. The number of esters is 3. The topological polar surface area (TPSA) is 78.9 Å². The predicted molar refractivity (Wildman–Crippen MR) is 187 cm³/mol. The number of hydrogen-bond donors (Lipinski definition) is 0. The maximum absolute atomic E-state index is 12.6. The molecule has 0 aromatic carbocycles. The van der Waals surface area contributed by atoms with Crippen LogP contribution in [0.15, 0.2) is 24.3 Å². The van der Waals surface area contributed by atoms with Gasteiger partial charge in [0.1, 0.15) is 13.2 Å². The molecule has 0 fully saturated rings. The third kappa shape index (κ3) is 33.1. The van der Waals surface area contributed by atoms with Crippen molar-refractivity contribution < 1.29 is 28.6 Å². The molecule has 0 aromatic heterocycles. The van der Waals surface area contributed by atoms with Gasteiger partial charge in [-0.3, -0.25) is 14.4 Å². The van der Waals surface area contributed by atoms with E-state index in [0.717, 1.165) is 89.9 Å². The van der Waals surface area contributed by atoms with Crippen molar-refractivity contribution in [3.05, 3.63) is 24.3 Å². The zero-order valence-electron chi connectivity index (χ0n) is 29.6. The molecular weight excluding hydrogens is 564 g/mol. The van der Waals surface area contributed by atoms with Gasteiger partial charge >= 0.3 is 17.9 Å². The van der Waals surface area contributed by atoms with Crippen molar-refractivity contribution in [1.29, 1.82) is 0 Å². The molecule has 6 heteroatoms. The van der Waals surface area contributed by atoms with Gasteiger partial charge in [0.2, 0.25) is 0 Å². The second-order valence-corrected chi connectivity index (χ2v) is 12.5. The number of carbonyl (C=O) groups excluding carboxylic acids is 3. The number of allylic oxidation sites excluding steroid dienone is 4. The summed E-state index contributed by atoms with van der Waals surface area (Å²) in [6, 6.07) is 0. The highest BCUT2D eigenvalue weighted by Gasteiger charge is 2.19. The lowest BCUT2D eigenvalue weighted by Gasteiger charge is -2.18. The second-order valence-electron chi connectivity index (χ2n) is 12.5. The van der Waals surface area contributed by atoms with Crippen LogP contribution < -0.4 is 0 Å². The van der Waals surface area contributed by atoms with Crippen molar-refractivity contribution in [2.75, 3.05) is 13.2 Å². The van der Waals surface area contributed by atoms with Crippen LogP contribution >= 0.6 is 0 Å². The maximum Gasteiger partial charge on any atom is 0.306 e. The van der Waals surface area contributed by atoms with E-state index in [-0.39, 0.29) is 31.1 Å². The number of ether oxygens (including phenoxy) is 3. The average molecular weight is 635 g/mol. The molecule has 0 aliphatic carbocycles. The minimum absolute atomic E-state index is 0.0764. The Morgan fingerprint density at radius 2 is 0.800 bits per heavy atom. The zero-order valence-corrected chi connectivity index (χ0v) is 29.6. The van der Waals surface area contributed by atoms with E-state index in [1.165, 1.54) is 57.8 Å². The van der Waals surface area contributed by atoms with Crippen molar-refractivity contribution in [2.24, 2.45) is 0 Å². The van der Waals surface area contributed by atoms with Gasteiger partial charge in [0, 0.05) is 19.3 Å². The Morgan fingerprint density at radius 3 is 1.27 bits per heavy atom. The molecule has 0 N–H and O–H groups in total. The van der Waals surface area contributed by atoms with E-state index in [9.17, 15) is 14.4 Å². The fourth-order valence-electron chi connectivity index (χ4n) is 5.06. The van der Waals surface area contributed by atoms with Crippen LogP contribution in [0.5, 0.6) is 0 Å². The van der Waals surface area contributed by atoms with Crippen molar-refractivity contribution >= 4 is 17.9 Å². The molecule has 0 saturated heterocycles. The first kappa shape index (κ1) is 42.9. The molecule has 0 amide bonds. The lowest BCUT2D eigenvalue weighted by atomic mass is 10.1. The van der Waals surface area contributed by atoms with Crippen LogP contribution in [0.3, 0.4) is 0 Å². The summed E-state index contributed by atoms with van der Waals surface area (Å²) in [5.74, 6) is -0.916. The van der Waals surface area contributed by atoms with Crippen molar-refractivity contribution in [3.8, 4) is 0 Å². The van der Waals surface area contributed by atoms with Gasteiger partial charge in [-0.2, -0.15) is 0 Å². The Morgan fingerprint density at radius 1 is 0.444 bits per heavy atom. The molecule has 1 unspecified atom stereocenters. The highest BCUT2D eigenvalue weighted by atomic mass is 16.6. The third-order valence-corrected chi connectivity index (χ3v) is 7.96. The van der Waals surface area contributed by atoms with Gasteiger partial charge in [-0.15, -0.1) is 0 Å². The molecule has 6 nitrogen and oxygen atoms in total. The van der Waals surface area contributed by atoms with E-state index in [1.807, 2.05) is 0 Å². The fraction of sp³-hybridized carbons (Fsp3) is 0.821. The molecule has 0 aromatic rings. The van der Waals surface area contributed by atoms with Crippen LogP contribution in [-0.2, 0) is 28.6 Å².